The number of rotatable bonds is 11. The molecular formula is C28H41N3O5. The molecule has 0 aromatic heterocycles. The van der Waals surface area contributed by atoms with Crippen molar-refractivity contribution in [3.05, 3.63) is 29.3 Å². The Morgan fingerprint density at radius 2 is 1.83 bits per heavy atom. The van der Waals surface area contributed by atoms with Crippen LogP contribution in [0.2, 0.25) is 0 Å². The summed E-state index contributed by atoms with van der Waals surface area (Å²) < 4.78 is 6.77. The van der Waals surface area contributed by atoms with Crippen molar-refractivity contribution in [1.82, 2.24) is 10.2 Å². The number of para-hydroxylation sites is 1. The van der Waals surface area contributed by atoms with Crippen molar-refractivity contribution in [3.8, 4) is 0 Å². The van der Waals surface area contributed by atoms with Crippen LogP contribution in [0.1, 0.15) is 69.9 Å². The fourth-order valence-corrected chi connectivity index (χ4v) is 6.79. The highest BCUT2D eigenvalue weighted by Gasteiger charge is 2.78. The molecule has 3 aliphatic heterocycles. The van der Waals surface area contributed by atoms with Gasteiger partial charge >= 0.3 is 0 Å². The van der Waals surface area contributed by atoms with Gasteiger partial charge in [0.15, 0.2) is 0 Å². The number of aliphatic hydroxyl groups is 1. The van der Waals surface area contributed by atoms with Crippen LogP contribution in [-0.4, -0.2) is 64.7 Å². The number of aliphatic hydroxyl groups excluding tert-OH is 1. The van der Waals surface area contributed by atoms with Gasteiger partial charge in [0.05, 0.1) is 17.4 Å². The van der Waals surface area contributed by atoms with E-state index in [2.05, 4.69) is 10.6 Å². The van der Waals surface area contributed by atoms with E-state index in [-0.39, 0.29) is 24.3 Å². The van der Waals surface area contributed by atoms with Crippen LogP contribution in [0, 0.1) is 25.7 Å². The summed E-state index contributed by atoms with van der Waals surface area (Å²) in [5.41, 5.74) is 0.923. The quantitative estimate of drug-likeness (QED) is 0.406. The van der Waals surface area contributed by atoms with Gasteiger partial charge in [-0.2, -0.15) is 0 Å². The second kappa shape index (κ2) is 10.5. The Morgan fingerprint density at radius 3 is 2.47 bits per heavy atom. The molecule has 36 heavy (non-hydrogen) atoms. The fourth-order valence-electron chi connectivity index (χ4n) is 6.79. The summed E-state index contributed by atoms with van der Waals surface area (Å²) in [6, 6.07) is 5.05. The first-order valence-electron chi connectivity index (χ1n) is 13.5. The van der Waals surface area contributed by atoms with Crippen LogP contribution in [0.3, 0.4) is 0 Å². The predicted molar refractivity (Wildman–Crippen MR) is 137 cm³/mol. The molecule has 3 saturated heterocycles. The van der Waals surface area contributed by atoms with E-state index in [0.717, 1.165) is 29.7 Å². The SMILES string of the molecule is CCCNC(=O)[C@H]1[C@H]2C(=O)N(CCCCCO)C(C(=O)Nc3c(C)cccc3C)C23CC[C@]1(CC)O3. The fraction of sp³-hybridized carbons (Fsp3) is 0.679. The van der Waals surface area contributed by atoms with Gasteiger partial charge in [-0.25, -0.2) is 0 Å². The van der Waals surface area contributed by atoms with E-state index < -0.39 is 29.1 Å². The summed E-state index contributed by atoms with van der Waals surface area (Å²) in [4.78, 5) is 43.1. The van der Waals surface area contributed by atoms with E-state index in [1.807, 2.05) is 45.9 Å². The number of unbranched alkanes of at least 4 members (excludes halogenated alkanes) is 2. The lowest BCUT2D eigenvalue weighted by molar-refractivity contribution is -0.146. The number of amides is 3. The van der Waals surface area contributed by atoms with Gasteiger partial charge in [0.25, 0.3) is 0 Å². The third-order valence-electron chi connectivity index (χ3n) is 8.55. The molecule has 3 N–H and O–H groups in total. The average Bonchev–Trinajstić information content (AvgIpc) is 3.46. The Hall–Kier alpha value is -2.45. The van der Waals surface area contributed by atoms with Crippen LogP contribution in [0.5, 0.6) is 0 Å². The third kappa shape index (κ3) is 4.22. The Bertz CT molecular complexity index is 993. The Labute approximate surface area is 214 Å². The normalized spacial score (nSPS) is 30.5. The number of carbonyl (C=O) groups excluding carboxylic acids is 3. The summed E-state index contributed by atoms with van der Waals surface area (Å²) in [5.74, 6) is -1.84. The smallest absolute Gasteiger partial charge is 0.250 e. The maximum absolute atomic E-state index is 14.0. The Morgan fingerprint density at radius 1 is 1.11 bits per heavy atom. The van der Waals surface area contributed by atoms with Crippen LogP contribution >= 0.6 is 0 Å². The first-order valence-corrected chi connectivity index (χ1v) is 13.5. The number of nitrogens with zero attached hydrogens (tertiary/aromatic N) is 1. The molecule has 2 unspecified atom stereocenters. The number of likely N-dealkylation sites (tertiary alicyclic amines) is 1. The Kier molecular flexibility index (Phi) is 7.76. The Balaban J connectivity index is 1.71. The van der Waals surface area contributed by atoms with Gasteiger partial charge in [0, 0.05) is 25.4 Å². The van der Waals surface area contributed by atoms with E-state index >= 15 is 0 Å². The highest BCUT2D eigenvalue weighted by atomic mass is 16.5. The van der Waals surface area contributed by atoms with Gasteiger partial charge in [0.1, 0.15) is 11.6 Å². The van der Waals surface area contributed by atoms with Crippen molar-refractivity contribution in [2.75, 3.05) is 25.0 Å². The third-order valence-corrected chi connectivity index (χ3v) is 8.55. The number of anilines is 1. The van der Waals surface area contributed by atoms with Gasteiger partial charge in [-0.1, -0.05) is 32.0 Å². The van der Waals surface area contributed by atoms with Crippen LogP contribution in [0.25, 0.3) is 0 Å². The summed E-state index contributed by atoms with van der Waals surface area (Å²) in [7, 11) is 0. The minimum absolute atomic E-state index is 0.0960. The largest absolute Gasteiger partial charge is 0.396 e. The molecule has 3 aliphatic rings. The van der Waals surface area contributed by atoms with Gasteiger partial charge in [-0.3, -0.25) is 14.4 Å². The van der Waals surface area contributed by atoms with Gasteiger partial charge < -0.3 is 25.4 Å². The zero-order valence-corrected chi connectivity index (χ0v) is 22.1. The van der Waals surface area contributed by atoms with Crippen molar-refractivity contribution >= 4 is 23.4 Å². The lowest BCUT2D eigenvalue weighted by atomic mass is 9.65. The van der Waals surface area contributed by atoms with Gasteiger partial charge in [-0.15, -0.1) is 0 Å². The number of hydrogen-bond acceptors (Lipinski definition) is 5. The van der Waals surface area contributed by atoms with Crippen LogP contribution < -0.4 is 10.6 Å². The second-order valence-corrected chi connectivity index (χ2v) is 10.7. The van der Waals surface area contributed by atoms with Crippen molar-refractivity contribution in [3.63, 3.8) is 0 Å². The number of fused-ring (bicyclic) bond motifs is 1. The molecule has 1 aromatic rings. The van der Waals surface area contributed by atoms with Crippen LogP contribution in [0.4, 0.5) is 5.69 Å². The number of carbonyl (C=O) groups is 3. The molecule has 198 valence electrons. The highest BCUT2D eigenvalue weighted by Crippen LogP contribution is 2.64. The lowest BCUT2D eigenvalue weighted by Crippen LogP contribution is -2.53. The zero-order chi connectivity index (χ0) is 26.1. The number of hydrogen-bond donors (Lipinski definition) is 3. The molecule has 1 spiro atoms. The topological polar surface area (TPSA) is 108 Å². The number of nitrogens with one attached hydrogen (secondary N) is 2. The number of ether oxygens (including phenoxy) is 1. The maximum Gasteiger partial charge on any atom is 0.250 e. The molecule has 1 aromatic carbocycles. The summed E-state index contributed by atoms with van der Waals surface area (Å²) in [6.45, 7) is 8.94. The van der Waals surface area contributed by atoms with E-state index in [0.29, 0.717) is 45.2 Å². The number of aryl methyl sites for hydroxylation is 2. The van der Waals surface area contributed by atoms with Crippen molar-refractivity contribution in [1.29, 1.82) is 0 Å². The van der Waals surface area contributed by atoms with Crippen molar-refractivity contribution in [2.24, 2.45) is 11.8 Å². The predicted octanol–water partition coefficient (Wildman–Crippen LogP) is 3.09. The molecule has 0 saturated carbocycles. The minimum atomic E-state index is -1.01. The molecule has 0 radical (unpaired) electrons. The average molecular weight is 500 g/mol. The number of benzene rings is 1. The zero-order valence-electron chi connectivity index (χ0n) is 22.1. The molecule has 8 nitrogen and oxygen atoms in total. The van der Waals surface area contributed by atoms with Gasteiger partial charge in [-0.05, 0) is 69.9 Å². The molecule has 4 rings (SSSR count). The molecule has 3 amide bonds. The molecule has 3 heterocycles. The van der Waals surface area contributed by atoms with Crippen LogP contribution in [0.15, 0.2) is 18.2 Å². The first kappa shape index (κ1) is 26.6. The first-order chi connectivity index (χ1) is 17.3. The van der Waals surface area contributed by atoms with E-state index in [1.54, 1.807) is 4.90 Å². The molecule has 0 aliphatic carbocycles. The monoisotopic (exact) mass is 499 g/mol. The van der Waals surface area contributed by atoms with E-state index in [1.165, 1.54) is 0 Å². The summed E-state index contributed by atoms with van der Waals surface area (Å²) >= 11 is 0. The molecule has 8 heteroatoms. The summed E-state index contributed by atoms with van der Waals surface area (Å²) in [6.07, 6.45) is 4.73. The van der Waals surface area contributed by atoms with Crippen LogP contribution in [-0.2, 0) is 19.1 Å². The standard InChI is InChI=1S/C28H41N3O5/c1-5-15-29-24(33)20-21-26(35)31(16-8-7-9-17-32)23(28(21)14-13-27(20,6-2)36-28)25(34)30-22-18(3)11-10-12-19(22)4/h10-12,20-21,23,32H,5-9,13-17H2,1-4H3,(H,29,33)(H,30,34)/t20-,21+,23?,27+,28?/m1/s1. The summed E-state index contributed by atoms with van der Waals surface area (Å²) in [5, 5.41) is 15.3. The highest BCUT2D eigenvalue weighted by molar-refractivity contribution is 6.04. The van der Waals surface area contributed by atoms with Crippen molar-refractivity contribution < 1.29 is 24.2 Å². The van der Waals surface area contributed by atoms with E-state index in [9.17, 15) is 19.5 Å². The van der Waals surface area contributed by atoms with Crippen molar-refractivity contribution in [2.45, 2.75) is 89.9 Å². The minimum Gasteiger partial charge on any atom is -0.396 e. The van der Waals surface area contributed by atoms with E-state index in [4.69, 9.17) is 4.74 Å². The second-order valence-electron chi connectivity index (χ2n) is 10.7. The molecule has 3 fully saturated rings. The maximum atomic E-state index is 14.0. The molecular weight excluding hydrogens is 458 g/mol. The molecule has 2 bridgehead atoms. The lowest BCUT2D eigenvalue weighted by Gasteiger charge is -2.34. The molecule has 5 atom stereocenters. The van der Waals surface area contributed by atoms with Gasteiger partial charge in [0.2, 0.25) is 17.7 Å².